The molecule has 0 saturated carbocycles. The summed E-state index contributed by atoms with van der Waals surface area (Å²) in [5, 5.41) is 0. The molecule has 0 aliphatic carbocycles. The first kappa shape index (κ1) is 15.6. The van der Waals surface area contributed by atoms with Crippen LogP contribution >= 0.6 is 7.82 Å². The molecule has 0 unspecified atom stereocenters. The molecule has 0 spiro atoms. The SMILES string of the molecule is O=P([O-])([O-])[O-].[Mn].[OH-]. The Hall–Kier alpha value is 0.589. The zero-order valence-electron chi connectivity index (χ0n) is 2.91. The molecule has 1 radical (unpaired) electrons. The van der Waals surface area contributed by atoms with E-state index in [1.807, 2.05) is 0 Å². The third-order valence-electron chi connectivity index (χ3n) is 0. The van der Waals surface area contributed by atoms with E-state index in [9.17, 15) is 0 Å². The summed E-state index contributed by atoms with van der Waals surface area (Å²) in [4.78, 5) is 25.6. The standard InChI is InChI=1S/Mn.H3O4P.H2O/c;1-5(2,3)4;/h;(H3,1,2,3,4);1H2/p-4. The van der Waals surface area contributed by atoms with Crippen molar-refractivity contribution < 1.29 is 41.8 Å². The Bertz CT molecular complexity index is 54.2. The molecule has 7 heavy (non-hydrogen) atoms. The van der Waals surface area contributed by atoms with Gasteiger partial charge in [0.15, 0.2) is 0 Å². The average Bonchev–Trinajstić information content (AvgIpc) is 0.722. The van der Waals surface area contributed by atoms with Gasteiger partial charge < -0.3 is 24.7 Å². The van der Waals surface area contributed by atoms with E-state index in [1.54, 1.807) is 0 Å². The van der Waals surface area contributed by atoms with Crippen molar-refractivity contribution in [1.82, 2.24) is 0 Å². The second-order valence-electron chi connectivity index (χ2n) is 0.447. The van der Waals surface area contributed by atoms with Gasteiger partial charge in [-0.2, -0.15) is 7.82 Å². The zero-order chi connectivity index (χ0) is 4.50. The topological polar surface area (TPSA) is 116 Å². The van der Waals surface area contributed by atoms with Gasteiger partial charge in [0, 0.05) is 17.1 Å². The smallest absolute Gasteiger partial charge is 0 e. The number of phosphoric acid groups is 1. The molecule has 0 bridgehead atoms. The molecule has 0 amide bonds. The Morgan fingerprint density at radius 3 is 1.14 bits per heavy atom. The summed E-state index contributed by atoms with van der Waals surface area (Å²) in [5.74, 6) is 0. The maximum absolute atomic E-state index is 8.55. The van der Waals surface area contributed by atoms with Crippen LogP contribution in [0.5, 0.6) is 0 Å². The van der Waals surface area contributed by atoms with Crippen LogP contribution in [-0.4, -0.2) is 5.48 Å². The van der Waals surface area contributed by atoms with E-state index < -0.39 is 7.82 Å². The predicted octanol–water partition coefficient (Wildman–Crippen LogP) is -3.00. The molecule has 0 aromatic heterocycles. The average molecular weight is 167 g/mol. The molecule has 0 saturated heterocycles. The van der Waals surface area contributed by atoms with Gasteiger partial charge in [-0.05, 0) is 0 Å². The largest absolute Gasteiger partial charge is 0.870 e. The van der Waals surface area contributed by atoms with Crippen LogP contribution in [0.25, 0.3) is 0 Å². The van der Waals surface area contributed by atoms with Crippen LogP contribution in [0.3, 0.4) is 0 Å². The van der Waals surface area contributed by atoms with Crippen LogP contribution in [0.15, 0.2) is 0 Å². The van der Waals surface area contributed by atoms with Gasteiger partial charge in [-0.15, -0.1) is 0 Å². The number of hydrogen-bond donors (Lipinski definition) is 0. The fraction of sp³-hybridized carbons (Fsp3) is 0. The van der Waals surface area contributed by atoms with E-state index in [0.717, 1.165) is 0 Å². The van der Waals surface area contributed by atoms with E-state index in [1.165, 1.54) is 0 Å². The van der Waals surface area contributed by atoms with Gasteiger partial charge in [-0.25, -0.2) is 0 Å². The first-order valence-corrected chi connectivity index (χ1v) is 2.19. The summed E-state index contributed by atoms with van der Waals surface area (Å²) in [6.07, 6.45) is 0. The predicted molar refractivity (Wildman–Crippen MR) is 9.54 cm³/mol. The van der Waals surface area contributed by atoms with E-state index >= 15 is 0 Å². The quantitative estimate of drug-likeness (QED) is 0.281. The molecule has 0 aromatic carbocycles. The molecule has 47 valence electrons. The minimum atomic E-state index is -5.39. The molecule has 1 N–H and O–H groups in total. The molecule has 0 aliphatic rings. The van der Waals surface area contributed by atoms with Crippen LogP contribution in [0.2, 0.25) is 0 Å². The molecule has 0 aliphatic heterocycles. The van der Waals surface area contributed by atoms with Gasteiger partial charge in [0.25, 0.3) is 0 Å². The summed E-state index contributed by atoms with van der Waals surface area (Å²) in [6, 6.07) is 0. The molecular formula is HMnO5P-4. The Kier molecular flexibility index (Phi) is 10.6. The van der Waals surface area contributed by atoms with Crippen molar-refractivity contribution in [1.29, 1.82) is 0 Å². The van der Waals surface area contributed by atoms with Crippen molar-refractivity contribution in [3.8, 4) is 0 Å². The third-order valence-corrected chi connectivity index (χ3v) is 0. The molecule has 0 aromatic rings. The third kappa shape index (κ3) is 399. The molecule has 7 heteroatoms. The minimum Gasteiger partial charge on any atom is -0.870 e. The fourth-order valence-electron chi connectivity index (χ4n) is 0. The molecule has 5 nitrogen and oxygen atoms in total. The first-order valence-electron chi connectivity index (χ1n) is 0.730. The van der Waals surface area contributed by atoms with Gasteiger partial charge in [0.1, 0.15) is 0 Å². The summed E-state index contributed by atoms with van der Waals surface area (Å²) in [5.41, 5.74) is 0. The molecule has 0 fully saturated rings. The molecule has 0 heterocycles. The Morgan fingerprint density at radius 1 is 1.14 bits per heavy atom. The van der Waals surface area contributed by atoms with E-state index in [4.69, 9.17) is 19.2 Å². The van der Waals surface area contributed by atoms with Crippen molar-refractivity contribution in [2.75, 3.05) is 0 Å². The van der Waals surface area contributed by atoms with Crippen molar-refractivity contribution in [3.63, 3.8) is 0 Å². The van der Waals surface area contributed by atoms with E-state index in [2.05, 4.69) is 0 Å². The van der Waals surface area contributed by atoms with Gasteiger partial charge >= 0.3 is 0 Å². The number of rotatable bonds is 0. The van der Waals surface area contributed by atoms with Crippen LogP contribution in [0, 0.1) is 0 Å². The fourth-order valence-corrected chi connectivity index (χ4v) is 0. The van der Waals surface area contributed by atoms with E-state index in [0.29, 0.717) is 0 Å². The Labute approximate surface area is 50.4 Å². The van der Waals surface area contributed by atoms with Gasteiger partial charge in [-0.1, -0.05) is 0 Å². The van der Waals surface area contributed by atoms with Crippen LogP contribution in [0.1, 0.15) is 0 Å². The van der Waals surface area contributed by atoms with E-state index in [-0.39, 0.29) is 22.5 Å². The summed E-state index contributed by atoms with van der Waals surface area (Å²) in [6.45, 7) is 0. The normalized spacial score (nSPS) is 8.43. The van der Waals surface area contributed by atoms with Crippen LogP contribution in [0.4, 0.5) is 0 Å². The van der Waals surface area contributed by atoms with Crippen molar-refractivity contribution in [2.45, 2.75) is 0 Å². The Balaban J connectivity index is -0.0000000800. The van der Waals surface area contributed by atoms with Gasteiger partial charge in [-0.3, -0.25) is 0 Å². The maximum atomic E-state index is 8.55. The van der Waals surface area contributed by atoms with Gasteiger partial charge in [0.2, 0.25) is 0 Å². The van der Waals surface area contributed by atoms with Crippen molar-refractivity contribution in [2.24, 2.45) is 0 Å². The second-order valence-corrected chi connectivity index (χ2v) is 1.34. The maximum Gasteiger partial charge on any atom is 0 e. The van der Waals surface area contributed by atoms with Gasteiger partial charge in [0.05, 0.1) is 0 Å². The van der Waals surface area contributed by atoms with Crippen LogP contribution < -0.4 is 14.7 Å². The summed E-state index contributed by atoms with van der Waals surface area (Å²) < 4.78 is 8.55. The second kappa shape index (κ2) is 4.74. The summed E-state index contributed by atoms with van der Waals surface area (Å²) in [7, 11) is -5.39. The number of hydrogen-bond acceptors (Lipinski definition) is 5. The molecule has 0 rings (SSSR count). The van der Waals surface area contributed by atoms with Crippen LogP contribution in [-0.2, 0) is 21.6 Å². The molecule has 0 atom stereocenters. The zero-order valence-corrected chi connectivity index (χ0v) is 4.98. The minimum absolute atomic E-state index is 0. The first-order chi connectivity index (χ1) is 2.00. The Morgan fingerprint density at radius 2 is 1.14 bits per heavy atom. The van der Waals surface area contributed by atoms with Crippen molar-refractivity contribution in [3.05, 3.63) is 0 Å². The molecular weight excluding hydrogens is 166 g/mol. The summed E-state index contributed by atoms with van der Waals surface area (Å²) >= 11 is 0. The monoisotopic (exact) mass is 167 g/mol. The van der Waals surface area contributed by atoms with Crippen molar-refractivity contribution >= 4 is 7.82 Å².